The van der Waals surface area contributed by atoms with E-state index in [4.69, 9.17) is 0 Å². The molecule has 0 spiro atoms. The standard InChI is InChI=1S/C16H24N4O2/c1-3-17-15(22)16(9-5-4-6-10-16)19-14(21)8-7-13-11-18-20(2)12-13/h7-8,11-12H,3-6,9-10H2,1-2H3,(H,17,22)(H,19,21). The zero-order chi connectivity index (χ0) is 16.0. The minimum Gasteiger partial charge on any atom is -0.354 e. The van der Waals surface area contributed by atoms with E-state index in [2.05, 4.69) is 15.7 Å². The van der Waals surface area contributed by atoms with E-state index in [9.17, 15) is 9.59 Å². The van der Waals surface area contributed by atoms with Gasteiger partial charge in [0.25, 0.3) is 0 Å². The molecule has 6 heteroatoms. The van der Waals surface area contributed by atoms with Gasteiger partial charge in [0.15, 0.2) is 0 Å². The number of rotatable bonds is 5. The molecule has 1 saturated carbocycles. The molecule has 1 fully saturated rings. The molecule has 1 aromatic heterocycles. The van der Waals surface area contributed by atoms with E-state index in [0.29, 0.717) is 19.4 Å². The third-order valence-corrected chi connectivity index (χ3v) is 3.99. The number of nitrogens with zero attached hydrogens (tertiary/aromatic N) is 2. The normalized spacial score (nSPS) is 17.4. The summed E-state index contributed by atoms with van der Waals surface area (Å²) in [4.78, 5) is 24.6. The molecule has 2 N–H and O–H groups in total. The maximum absolute atomic E-state index is 12.4. The zero-order valence-corrected chi connectivity index (χ0v) is 13.3. The smallest absolute Gasteiger partial charge is 0.245 e. The van der Waals surface area contributed by atoms with Crippen LogP contribution >= 0.6 is 0 Å². The molecule has 0 bridgehead atoms. The van der Waals surface area contributed by atoms with Gasteiger partial charge in [-0.3, -0.25) is 14.3 Å². The number of likely N-dealkylation sites (N-methyl/N-ethyl adjacent to an activating group) is 1. The average Bonchev–Trinajstić information content (AvgIpc) is 2.92. The van der Waals surface area contributed by atoms with Crippen molar-refractivity contribution in [3.63, 3.8) is 0 Å². The van der Waals surface area contributed by atoms with Gasteiger partial charge < -0.3 is 10.6 Å². The van der Waals surface area contributed by atoms with Crippen LogP contribution in [0.5, 0.6) is 0 Å². The molecule has 6 nitrogen and oxygen atoms in total. The molecule has 22 heavy (non-hydrogen) atoms. The molecule has 0 radical (unpaired) electrons. The van der Waals surface area contributed by atoms with Crippen LogP contribution in [0, 0.1) is 0 Å². The highest BCUT2D eigenvalue weighted by Gasteiger charge is 2.40. The molecule has 120 valence electrons. The summed E-state index contributed by atoms with van der Waals surface area (Å²) in [6.45, 7) is 2.46. The van der Waals surface area contributed by atoms with Gasteiger partial charge in [0.05, 0.1) is 6.20 Å². The number of amides is 2. The summed E-state index contributed by atoms with van der Waals surface area (Å²) in [6.07, 6.45) is 11.1. The number of hydrogen-bond donors (Lipinski definition) is 2. The van der Waals surface area contributed by atoms with Crippen molar-refractivity contribution in [3.8, 4) is 0 Å². The van der Waals surface area contributed by atoms with Gasteiger partial charge in [0.1, 0.15) is 5.54 Å². The Bertz CT molecular complexity index is 556. The van der Waals surface area contributed by atoms with Crippen molar-refractivity contribution in [2.75, 3.05) is 6.54 Å². The first-order valence-electron chi connectivity index (χ1n) is 7.83. The van der Waals surface area contributed by atoms with E-state index < -0.39 is 5.54 Å². The minimum absolute atomic E-state index is 0.0715. The molecule has 0 aliphatic heterocycles. The van der Waals surface area contributed by atoms with Gasteiger partial charge in [-0.05, 0) is 25.8 Å². The summed E-state index contributed by atoms with van der Waals surface area (Å²) in [5, 5.41) is 9.82. The lowest BCUT2D eigenvalue weighted by atomic mass is 9.80. The van der Waals surface area contributed by atoms with Gasteiger partial charge >= 0.3 is 0 Å². The molecule has 0 aromatic carbocycles. The van der Waals surface area contributed by atoms with E-state index in [1.807, 2.05) is 20.2 Å². The van der Waals surface area contributed by atoms with Crippen LogP contribution in [0.3, 0.4) is 0 Å². The Kier molecular flexibility index (Phi) is 5.35. The molecule has 1 aromatic rings. The van der Waals surface area contributed by atoms with Gasteiger partial charge in [0, 0.05) is 31.4 Å². The summed E-state index contributed by atoms with van der Waals surface area (Å²) >= 11 is 0. The number of aromatic nitrogens is 2. The number of carbonyl (C=O) groups is 2. The van der Waals surface area contributed by atoms with Crippen molar-refractivity contribution in [2.45, 2.75) is 44.6 Å². The van der Waals surface area contributed by atoms with Crippen LogP contribution < -0.4 is 10.6 Å². The Hall–Kier alpha value is -2.11. The number of nitrogens with one attached hydrogen (secondary N) is 2. The van der Waals surface area contributed by atoms with Crippen LogP contribution in [-0.4, -0.2) is 33.7 Å². The van der Waals surface area contributed by atoms with Gasteiger partial charge in [0.2, 0.25) is 11.8 Å². The van der Waals surface area contributed by atoms with Crippen LogP contribution in [0.4, 0.5) is 0 Å². The highest BCUT2D eigenvalue weighted by atomic mass is 16.2. The predicted molar refractivity (Wildman–Crippen MR) is 84.9 cm³/mol. The maximum Gasteiger partial charge on any atom is 0.245 e. The summed E-state index contributed by atoms with van der Waals surface area (Å²) in [5.74, 6) is -0.310. The van der Waals surface area contributed by atoms with E-state index in [1.165, 1.54) is 6.08 Å². The maximum atomic E-state index is 12.4. The first-order valence-corrected chi connectivity index (χ1v) is 7.83. The zero-order valence-electron chi connectivity index (χ0n) is 13.3. The average molecular weight is 304 g/mol. The first-order chi connectivity index (χ1) is 10.6. The largest absolute Gasteiger partial charge is 0.354 e. The summed E-state index contributed by atoms with van der Waals surface area (Å²) in [7, 11) is 1.82. The van der Waals surface area contributed by atoms with Gasteiger partial charge in [-0.15, -0.1) is 0 Å². The van der Waals surface area contributed by atoms with Crippen molar-refractivity contribution in [1.82, 2.24) is 20.4 Å². The molecular weight excluding hydrogens is 280 g/mol. The second-order valence-corrected chi connectivity index (χ2v) is 5.77. The van der Waals surface area contributed by atoms with E-state index >= 15 is 0 Å². The summed E-state index contributed by atoms with van der Waals surface area (Å²) in [6, 6.07) is 0. The van der Waals surface area contributed by atoms with Gasteiger partial charge in [-0.25, -0.2) is 0 Å². The van der Waals surface area contributed by atoms with Crippen molar-refractivity contribution in [1.29, 1.82) is 0 Å². The Morgan fingerprint density at radius 3 is 2.68 bits per heavy atom. The highest BCUT2D eigenvalue weighted by Crippen LogP contribution is 2.28. The lowest BCUT2D eigenvalue weighted by molar-refractivity contribution is -0.133. The fourth-order valence-electron chi connectivity index (χ4n) is 2.87. The third kappa shape index (κ3) is 3.96. The van der Waals surface area contributed by atoms with E-state index in [0.717, 1.165) is 24.8 Å². The highest BCUT2D eigenvalue weighted by molar-refractivity contribution is 5.97. The topological polar surface area (TPSA) is 76.0 Å². The fraction of sp³-hybridized carbons (Fsp3) is 0.562. The fourth-order valence-corrected chi connectivity index (χ4v) is 2.87. The molecule has 1 aliphatic carbocycles. The van der Waals surface area contributed by atoms with Gasteiger partial charge in [-0.2, -0.15) is 5.10 Å². The Morgan fingerprint density at radius 1 is 1.36 bits per heavy atom. The second kappa shape index (κ2) is 7.24. The Balaban J connectivity index is 2.04. The lowest BCUT2D eigenvalue weighted by Crippen LogP contribution is -2.59. The molecule has 2 amide bonds. The number of aryl methyl sites for hydroxylation is 1. The third-order valence-electron chi connectivity index (χ3n) is 3.99. The lowest BCUT2D eigenvalue weighted by Gasteiger charge is -2.36. The van der Waals surface area contributed by atoms with Crippen LogP contribution in [0.1, 0.15) is 44.6 Å². The molecular formula is C16H24N4O2. The molecule has 1 heterocycles. The van der Waals surface area contributed by atoms with Crippen molar-refractivity contribution in [2.24, 2.45) is 7.05 Å². The van der Waals surface area contributed by atoms with Crippen LogP contribution in [-0.2, 0) is 16.6 Å². The SMILES string of the molecule is CCNC(=O)C1(NC(=O)C=Cc2cnn(C)c2)CCCCC1. The molecule has 2 rings (SSSR count). The van der Waals surface area contributed by atoms with Crippen LogP contribution in [0.2, 0.25) is 0 Å². The van der Waals surface area contributed by atoms with Crippen molar-refractivity contribution in [3.05, 3.63) is 24.0 Å². The molecule has 0 atom stereocenters. The van der Waals surface area contributed by atoms with Crippen molar-refractivity contribution < 1.29 is 9.59 Å². The molecule has 0 unspecified atom stereocenters. The van der Waals surface area contributed by atoms with Gasteiger partial charge in [-0.1, -0.05) is 19.3 Å². The quantitative estimate of drug-likeness (QED) is 0.807. The Labute approximate surface area is 131 Å². The molecule has 1 aliphatic rings. The number of hydrogen-bond acceptors (Lipinski definition) is 3. The molecule has 0 saturated heterocycles. The van der Waals surface area contributed by atoms with Crippen molar-refractivity contribution >= 4 is 17.9 Å². The first kappa shape index (κ1) is 16.3. The van der Waals surface area contributed by atoms with E-state index in [1.54, 1.807) is 17.0 Å². The number of carbonyl (C=O) groups excluding carboxylic acids is 2. The van der Waals surface area contributed by atoms with Crippen LogP contribution in [0.15, 0.2) is 18.5 Å². The predicted octanol–water partition coefficient (Wildman–Crippen LogP) is 1.39. The monoisotopic (exact) mass is 304 g/mol. The second-order valence-electron chi connectivity index (χ2n) is 5.77. The van der Waals surface area contributed by atoms with E-state index in [-0.39, 0.29) is 11.8 Å². The summed E-state index contributed by atoms with van der Waals surface area (Å²) in [5.41, 5.74) is 0.0957. The van der Waals surface area contributed by atoms with Crippen LogP contribution in [0.25, 0.3) is 6.08 Å². The Morgan fingerprint density at radius 2 is 2.09 bits per heavy atom. The summed E-state index contributed by atoms with van der Waals surface area (Å²) < 4.78 is 1.68. The minimum atomic E-state index is -0.759.